The lowest BCUT2D eigenvalue weighted by molar-refractivity contribution is -0.117. The molecular formula is C14H17NO2. The van der Waals surface area contributed by atoms with E-state index in [9.17, 15) is 0 Å². The topological polar surface area (TPSA) is 44.5 Å². The summed E-state index contributed by atoms with van der Waals surface area (Å²) in [5.41, 5.74) is 7.22. The Hall–Kier alpha value is -1.42. The number of rotatable bonds is 4. The van der Waals surface area contributed by atoms with E-state index in [2.05, 4.69) is 18.2 Å². The van der Waals surface area contributed by atoms with Gasteiger partial charge >= 0.3 is 0 Å². The van der Waals surface area contributed by atoms with Crippen LogP contribution in [0.25, 0.3) is 10.8 Å². The molecule has 3 heteroatoms. The van der Waals surface area contributed by atoms with E-state index in [-0.39, 0.29) is 6.04 Å². The first-order valence-electron chi connectivity index (χ1n) is 5.56. The lowest BCUT2D eigenvalue weighted by atomic mass is 9.99. The monoisotopic (exact) mass is 231 g/mol. The van der Waals surface area contributed by atoms with Crippen molar-refractivity contribution >= 4 is 10.8 Å². The summed E-state index contributed by atoms with van der Waals surface area (Å²) >= 11 is 0. The fraction of sp³-hybridized carbons (Fsp3) is 0.286. The average Bonchev–Trinajstić information content (AvgIpc) is 2.39. The Morgan fingerprint density at radius 2 is 1.59 bits per heavy atom. The molecule has 3 nitrogen and oxygen atoms in total. The molecule has 0 spiro atoms. The summed E-state index contributed by atoms with van der Waals surface area (Å²) in [6.07, 6.45) is -0.430. The van der Waals surface area contributed by atoms with Gasteiger partial charge in [-0.05, 0) is 16.3 Å². The van der Waals surface area contributed by atoms with Crippen molar-refractivity contribution in [2.45, 2.75) is 12.3 Å². The van der Waals surface area contributed by atoms with Crippen molar-refractivity contribution in [3.8, 4) is 0 Å². The quantitative estimate of drug-likeness (QED) is 0.822. The molecule has 90 valence electrons. The summed E-state index contributed by atoms with van der Waals surface area (Å²) in [5.74, 6) is 0. The summed E-state index contributed by atoms with van der Waals surface area (Å²) in [5, 5.41) is 2.31. The molecular weight excluding hydrogens is 214 g/mol. The van der Waals surface area contributed by atoms with E-state index in [1.54, 1.807) is 14.2 Å². The van der Waals surface area contributed by atoms with Gasteiger partial charge in [0.05, 0.1) is 6.04 Å². The van der Waals surface area contributed by atoms with Gasteiger partial charge in [-0.3, -0.25) is 0 Å². The van der Waals surface area contributed by atoms with E-state index in [1.165, 1.54) is 5.39 Å². The zero-order valence-electron chi connectivity index (χ0n) is 10.1. The minimum absolute atomic E-state index is 0.295. The van der Waals surface area contributed by atoms with Gasteiger partial charge in [-0.1, -0.05) is 42.5 Å². The predicted molar refractivity (Wildman–Crippen MR) is 68.7 cm³/mol. The molecule has 17 heavy (non-hydrogen) atoms. The molecule has 0 aliphatic rings. The fourth-order valence-electron chi connectivity index (χ4n) is 2.08. The number of hydrogen-bond acceptors (Lipinski definition) is 3. The number of hydrogen-bond donors (Lipinski definition) is 1. The van der Waals surface area contributed by atoms with Gasteiger partial charge in [-0.25, -0.2) is 0 Å². The van der Waals surface area contributed by atoms with Gasteiger partial charge in [0.2, 0.25) is 0 Å². The van der Waals surface area contributed by atoms with Crippen molar-refractivity contribution in [1.82, 2.24) is 0 Å². The molecule has 0 radical (unpaired) electrons. The molecule has 0 amide bonds. The maximum absolute atomic E-state index is 6.18. The van der Waals surface area contributed by atoms with Crippen molar-refractivity contribution in [2.75, 3.05) is 14.2 Å². The Bertz CT molecular complexity index is 489. The van der Waals surface area contributed by atoms with Gasteiger partial charge < -0.3 is 15.2 Å². The zero-order valence-corrected chi connectivity index (χ0v) is 10.1. The summed E-state index contributed by atoms with van der Waals surface area (Å²) in [4.78, 5) is 0. The van der Waals surface area contributed by atoms with Gasteiger partial charge in [0.25, 0.3) is 0 Å². The average molecular weight is 231 g/mol. The highest BCUT2D eigenvalue weighted by molar-refractivity contribution is 5.86. The SMILES string of the molecule is COC(OC)C(N)c1cccc2ccccc12. The molecule has 0 aromatic heterocycles. The van der Waals surface area contributed by atoms with E-state index in [1.807, 2.05) is 24.3 Å². The second-order valence-corrected chi connectivity index (χ2v) is 3.93. The first-order valence-corrected chi connectivity index (χ1v) is 5.56. The van der Waals surface area contributed by atoms with Crippen LogP contribution in [-0.2, 0) is 9.47 Å². The molecule has 1 atom stereocenters. The smallest absolute Gasteiger partial charge is 0.176 e. The molecule has 0 heterocycles. The molecule has 0 saturated carbocycles. The molecule has 2 N–H and O–H groups in total. The number of fused-ring (bicyclic) bond motifs is 1. The molecule has 2 aromatic rings. The summed E-state index contributed by atoms with van der Waals surface area (Å²) in [6.45, 7) is 0. The number of nitrogens with two attached hydrogens (primary N) is 1. The van der Waals surface area contributed by atoms with Crippen LogP contribution < -0.4 is 5.73 Å². The van der Waals surface area contributed by atoms with Crippen molar-refractivity contribution in [3.63, 3.8) is 0 Å². The Morgan fingerprint density at radius 3 is 2.29 bits per heavy atom. The number of methoxy groups -OCH3 is 2. The number of ether oxygens (including phenoxy) is 2. The third kappa shape index (κ3) is 2.31. The molecule has 2 rings (SSSR count). The van der Waals surface area contributed by atoms with Crippen LogP contribution in [0.15, 0.2) is 42.5 Å². The van der Waals surface area contributed by atoms with Crippen molar-refractivity contribution in [2.24, 2.45) is 5.73 Å². The van der Waals surface area contributed by atoms with Crippen LogP contribution in [-0.4, -0.2) is 20.5 Å². The largest absolute Gasteiger partial charge is 0.354 e. The highest BCUT2D eigenvalue weighted by atomic mass is 16.7. The van der Waals surface area contributed by atoms with E-state index < -0.39 is 6.29 Å². The maximum Gasteiger partial charge on any atom is 0.176 e. The second kappa shape index (κ2) is 5.27. The number of benzene rings is 2. The Kier molecular flexibility index (Phi) is 3.74. The van der Waals surface area contributed by atoms with E-state index in [0.29, 0.717) is 0 Å². The molecule has 0 bridgehead atoms. The Balaban J connectivity index is 2.47. The van der Waals surface area contributed by atoms with Crippen LogP contribution in [0.5, 0.6) is 0 Å². The van der Waals surface area contributed by atoms with Gasteiger partial charge in [0.1, 0.15) is 0 Å². The van der Waals surface area contributed by atoms with Crippen LogP contribution in [0, 0.1) is 0 Å². The third-order valence-electron chi connectivity index (χ3n) is 2.94. The highest BCUT2D eigenvalue weighted by Crippen LogP contribution is 2.25. The first-order chi connectivity index (χ1) is 8.27. The van der Waals surface area contributed by atoms with Gasteiger partial charge in [0, 0.05) is 14.2 Å². The molecule has 0 saturated heterocycles. The van der Waals surface area contributed by atoms with Crippen molar-refractivity contribution in [3.05, 3.63) is 48.0 Å². The lowest BCUT2D eigenvalue weighted by Crippen LogP contribution is -2.29. The standard InChI is InChI=1S/C14H17NO2/c1-16-14(17-2)13(15)12-9-5-7-10-6-3-4-8-11(10)12/h3-9,13-14H,15H2,1-2H3. The van der Waals surface area contributed by atoms with Gasteiger partial charge in [-0.2, -0.15) is 0 Å². The Morgan fingerprint density at radius 1 is 0.941 bits per heavy atom. The normalized spacial score (nSPS) is 13.2. The minimum Gasteiger partial charge on any atom is -0.354 e. The van der Waals surface area contributed by atoms with Gasteiger partial charge in [-0.15, -0.1) is 0 Å². The lowest BCUT2D eigenvalue weighted by Gasteiger charge is -2.22. The summed E-state index contributed by atoms with van der Waals surface area (Å²) < 4.78 is 10.4. The van der Waals surface area contributed by atoms with E-state index in [0.717, 1.165) is 10.9 Å². The maximum atomic E-state index is 6.18. The minimum atomic E-state index is -0.430. The van der Waals surface area contributed by atoms with Crippen LogP contribution in [0.3, 0.4) is 0 Å². The summed E-state index contributed by atoms with van der Waals surface area (Å²) in [7, 11) is 3.19. The predicted octanol–water partition coefficient (Wildman–Crippen LogP) is 2.46. The molecule has 2 aromatic carbocycles. The van der Waals surface area contributed by atoms with E-state index in [4.69, 9.17) is 15.2 Å². The second-order valence-electron chi connectivity index (χ2n) is 3.93. The highest BCUT2D eigenvalue weighted by Gasteiger charge is 2.19. The van der Waals surface area contributed by atoms with E-state index >= 15 is 0 Å². The molecule has 0 fully saturated rings. The van der Waals surface area contributed by atoms with Crippen molar-refractivity contribution in [1.29, 1.82) is 0 Å². The van der Waals surface area contributed by atoms with Crippen LogP contribution in [0.2, 0.25) is 0 Å². The van der Waals surface area contributed by atoms with Crippen molar-refractivity contribution < 1.29 is 9.47 Å². The Labute approximate surface area is 101 Å². The third-order valence-corrected chi connectivity index (χ3v) is 2.94. The fourth-order valence-corrected chi connectivity index (χ4v) is 2.08. The van der Waals surface area contributed by atoms with Crippen LogP contribution >= 0.6 is 0 Å². The van der Waals surface area contributed by atoms with Crippen LogP contribution in [0.1, 0.15) is 11.6 Å². The van der Waals surface area contributed by atoms with Gasteiger partial charge in [0.15, 0.2) is 6.29 Å². The molecule has 1 unspecified atom stereocenters. The van der Waals surface area contributed by atoms with Crippen LogP contribution in [0.4, 0.5) is 0 Å². The molecule has 0 aliphatic carbocycles. The summed E-state index contributed by atoms with van der Waals surface area (Å²) in [6, 6.07) is 13.9. The molecule has 0 aliphatic heterocycles. The first kappa shape index (κ1) is 12.0. The zero-order chi connectivity index (χ0) is 12.3.